The average Bonchev–Trinajstić information content (AvgIpc) is 2.44. The zero-order chi connectivity index (χ0) is 15.1. The van der Waals surface area contributed by atoms with Gasteiger partial charge >= 0.3 is 5.97 Å². The van der Waals surface area contributed by atoms with Crippen LogP contribution in [0.15, 0.2) is 30.3 Å². The fourth-order valence-corrected chi connectivity index (χ4v) is 1.65. The van der Waals surface area contributed by atoms with E-state index in [1.807, 2.05) is 24.3 Å². The molecule has 1 amide bonds. The standard InChI is InChI=1S/C16H21NO3/c1-4-13-5-7-14(8-6-13)9-10-15(18)17-12(3)11(2)16(19)20/h5-12H,4H2,1-3H3,(H,17,18)(H,19,20)/b10-9+. The Morgan fingerprint density at radius 1 is 1.25 bits per heavy atom. The van der Waals surface area contributed by atoms with E-state index in [0.717, 1.165) is 12.0 Å². The fourth-order valence-electron chi connectivity index (χ4n) is 1.65. The van der Waals surface area contributed by atoms with Gasteiger partial charge in [-0.25, -0.2) is 0 Å². The summed E-state index contributed by atoms with van der Waals surface area (Å²) in [5.74, 6) is -1.82. The van der Waals surface area contributed by atoms with Crippen molar-refractivity contribution in [2.75, 3.05) is 0 Å². The molecule has 0 heterocycles. The summed E-state index contributed by atoms with van der Waals surface area (Å²) in [4.78, 5) is 22.5. The van der Waals surface area contributed by atoms with E-state index in [1.54, 1.807) is 19.9 Å². The molecule has 0 aromatic heterocycles. The lowest BCUT2D eigenvalue weighted by Gasteiger charge is -2.16. The van der Waals surface area contributed by atoms with Crippen molar-refractivity contribution in [2.24, 2.45) is 5.92 Å². The Morgan fingerprint density at radius 3 is 2.35 bits per heavy atom. The summed E-state index contributed by atoms with van der Waals surface area (Å²) < 4.78 is 0. The van der Waals surface area contributed by atoms with E-state index in [4.69, 9.17) is 5.11 Å². The van der Waals surface area contributed by atoms with Crippen molar-refractivity contribution in [3.8, 4) is 0 Å². The molecule has 2 unspecified atom stereocenters. The number of nitrogens with one attached hydrogen (secondary N) is 1. The van der Waals surface area contributed by atoms with Crippen LogP contribution < -0.4 is 5.32 Å². The van der Waals surface area contributed by atoms with Crippen LogP contribution in [-0.2, 0) is 16.0 Å². The average molecular weight is 275 g/mol. The molecule has 2 atom stereocenters. The number of carbonyl (C=O) groups is 2. The molecule has 0 fully saturated rings. The lowest BCUT2D eigenvalue weighted by Crippen LogP contribution is -2.39. The maximum atomic E-state index is 11.7. The summed E-state index contributed by atoms with van der Waals surface area (Å²) in [5.41, 5.74) is 2.19. The number of aliphatic carboxylic acids is 1. The summed E-state index contributed by atoms with van der Waals surface area (Å²) in [5, 5.41) is 11.5. The van der Waals surface area contributed by atoms with Crippen molar-refractivity contribution in [1.29, 1.82) is 0 Å². The van der Waals surface area contributed by atoms with Crippen LogP contribution in [0, 0.1) is 5.92 Å². The molecule has 0 spiro atoms. The number of carboxylic acids is 1. The highest BCUT2D eigenvalue weighted by molar-refractivity contribution is 5.92. The Morgan fingerprint density at radius 2 is 1.85 bits per heavy atom. The molecule has 0 radical (unpaired) electrons. The molecule has 20 heavy (non-hydrogen) atoms. The molecule has 4 nitrogen and oxygen atoms in total. The van der Waals surface area contributed by atoms with Gasteiger partial charge in [-0.15, -0.1) is 0 Å². The molecule has 2 N–H and O–H groups in total. The number of benzene rings is 1. The van der Waals surface area contributed by atoms with Gasteiger partial charge in [-0.3, -0.25) is 9.59 Å². The van der Waals surface area contributed by atoms with E-state index in [9.17, 15) is 9.59 Å². The number of aryl methyl sites for hydroxylation is 1. The summed E-state index contributed by atoms with van der Waals surface area (Å²) in [6, 6.07) is 7.53. The summed E-state index contributed by atoms with van der Waals surface area (Å²) in [6.45, 7) is 5.34. The fraction of sp³-hybridized carbons (Fsp3) is 0.375. The monoisotopic (exact) mass is 275 g/mol. The maximum Gasteiger partial charge on any atom is 0.308 e. The Balaban J connectivity index is 2.56. The van der Waals surface area contributed by atoms with Crippen LogP contribution in [0.4, 0.5) is 0 Å². The van der Waals surface area contributed by atoms with E-state index in [2.05, 4.69) is 12.2 Å². The van der Waals surface area contributed by atoms with Crippen LogP contribution in [0.5, 0.6) is 0 Å². The van der Waals surface area contributed by atoms with Crippen molar-refractivity contribution < 1.29 is 14.7 Å². The molecule has 4 heteroatoms. The molecular weight excluding hydrogens is 254 g/mol. The van der Waals surface area contributed by atoms with Gasteiger partial charge in [0.2, 0.25) is 5.91 Å². The van der Waals surface area contributed by atoms with Crippen molar-refractivity contribution in [3.63, 3.8) is 0 Å². The number of amides is 1. The molecule has 0 saturated carbocycles. The highest BCUT2D eigenvalue weighted by atomic mass is 16.4. The third-order valence-electron chi connectivity index (χ3n) is 3.32. The molecule has 1 aromatic carbocycles. The Labute approximate surface area is 119 Å². The minimum atomic E-state index is -0.920. The predicted molar refractivity (Wildman–Crippen MR) is 79.3 cm³/mol. The summed E-state index contributed by atoms with van der Waals surface area (Å²) in [6.07, 6.45) is 4.12. The second-order valence-electron chi connectivity index (χ2n) is 4.85. The molecular formula is C16H21NO3. The SMILES string of the molecule is CCc1ccc(/C=C/C(=O)NC(C)C(C)C(=O)O)cc1. The highest BCUT2D eigenvalue weighted by Gasteiger charge is 2.19. The van der Waals surface area contributed by atoms with Gasteiger partial charge in [0, 0.05) is 12.1 Å². The number of hydrogen-bond donors (Lipinski definition) is 2. The summed E-state index contributed by atoms with van der Waals surface area (Å²) >= 11 is 0. The van der Waals surface area contributed by atoms with Crippen LogP contribution in [0.3, 0.4) is 0 Å². The number of carboxylic acid groups (broad SMARTS) is 1. The first kappa shape index (κ1) is 16.0. The molecule has 1 aromatic rings. The first-order valence-corrected chi connectivity index (χ1v) is 6.74. The highest BCUT2D eigenvalue weighted by Crippen LogP contribution is 2.07. The molecule has 0 aliphatic heterocycles. The smallest absolute Gasteiger partial charge is 0.308 e. The van der Waals surface area contributed by atoms with Crippen molar-refractivity contribution >= 4 is 18.0 Å². The van der Waals surface area contributed by atoms with Gasteiger partial charge in [0.1, 0.15) is 0 Å². The third-order valence-corrected chi connectivity index (χ3v) is 3.32. The van der Waals surface area contributed by atoms with E-state index in [-0.39, 0.29) is 5.91 Å². The van der Waals surface area contributed by atoms with E-state index >= 15 is 0 Å². The van der Waals surface area contributed by atoms with Gasteiger partial charge in [0.25, 0.3) is 0 Å². The lowest BCUT2D eigenvalue weighted by molar-refractivity contribution is -0.142. The van der Waals surface area contributed by atoms with Crippen LogP contribution in [0.25, 0.3) is 6.08 Å². The molecule has 0 aliphatic rings. The van der Waals surface area contributed by atoms with E-state index < -0.39 is 17.9 Å². The minimum Gasteiger partial charge on any atom is -0.481 e. The molecule has 0 aliphatic carbocycles. The van der Waals surface area contributed by atoms with Gasteiger partial charge in [0.15, 0.2) is 0 Å². The van der Waals surface area contributed by atoms with Crippen LogP contribution in [0.1, 0.15) is 31.9 Å². The van der Waals surface area contributed by atoms with Crippen molar-refractivity contribution in [1.82, 2.24) is 5.32 Å². The van der Waals surface area contributed by atoms with Gasteiger partial charge in [-0.2, -0.15) is 0 Å². The van der Waals surface area contributed by atoms with E-state index in [0.29, 0.717) is 0 Å². The third kappa shape index (κ3) is 4.88. The number of hydrogen-bond acceptors (Lipinski definition) is 2. The van der Waals surface area contributed by atoms with Gasteiger partial charge < -0.3 is 10.4 Å². The second kappa shape index (κ2) is 7.48. The maximum absolute atomic E-state index is 11.7. The van der Waals surface area contributed by atoms with Crippen LogP contribution >= 0.6 is 0 Å². The largest absolute Gasteiger partial charge is 0.481 e. The normalized spacial score (nSPS) is 13.9. The Bertz CT molecular complexity index is 491. The number of carbonyl (C=O) groups excluding carboxylic acids is 1. The van der Waals surface area contributed by atoms with Crippen molar-refractivity contribution in [2.45, 2.75) is 33.2 Å². The molecule has 0 saturated heterocycles. The quantitative estimate of drug-likeness (QED) is 0.784. The molecule has 108 valence electrons. The van der Waals surface area contributed by atoms with Gasteiger partial charge in [-0.1, -0.05) is 31.2 Å². The van der Waals surface area contributed by atoms with Gasteiger partial charge in [-0.05, 0) is 37.5 Å². The Kier molecular flexibility index (Phi) is 5.97. The zero-order valence-corrected chi connectivity index (χ0v) is 12.1. The zero-order valence-electron chi connectivity index (χ0n) is 12.1. The first-order chi connectivity index (χ1) is 9.43. The Hall–Kier alpha value is -2.10. The lowest BCUT2D eigenvalue weighted by atomic mass is 10.0. The second-order valence-corrected chi connectivity index (χ2v) is 4.85. The van der Waals surface area contributed by atoms with E-state index in [1.165, 1.54) is 11.6 Å². The van der Waals surface area contributed by atoms with Crippen LogP contribution in [0.2, 0.25) is 0 Å². The summed E-state index contributed by atoms with van der Waals surface area (Å²) in [7, 11) is 0. The molecule has 0 bridgehead atoms. The minimum absolute atomic E-state index is 0.287. The van der Waals surface area contributed by atoms with Crippen LogP contribution in [-0.4, -0.2) is 23.0 Å². The number of rotatable bonds is 6. The van der Waals surface area contributed by atoms with Gasteiger partial charge in [0.05, 0.1) is 5.92 Å². The topological polar surface area (TPSA) is 66.4 Å². The molecule has 1 rings (SSSR count). The predicted octanol–water partition coefficient (Wildman–Crippen LogP) is 2.49. The van der Waals surface area contributed by atoms with Crippen molar-refractivity contribution in [3.05, 3.63) is 41.5 Å². The first-order valence-electron chi connectivity index (χ1n) is 6.74.